The van der Waals surface area contributed by atoms with Crippen molar-refractivity contribution in [3.8, 4) is 5.75 Å². The zero-order valence-electron chi connectivity index (χ0n) is 16.9. The summed E-state index contributed by atoms with van der Waals surface area (Å²) in [5.41, 5.74) is 0.626. The van der Waals surface area contributed by atoms with Gasteiger partial charge in [0.1, 0.15) is 17.5 Å². The van der Waals surface area contributed by atoms with Crippen LogP contribution in [-0.4, -0.2) is 52.6 Å². The Morgan fingerprint density at radius 2 is 2.00 bits per heavy atom. The Kier molecular flexibility index (Phi) is 6.87. The lowest BCUT2D eigenvalue weighted by Crippen LogP contribution is -2.43. The molecule has 2 aromatic rings. The van der Waals surface area contributed by atoms with Gasteiger partial charge in [0.05, 0.1) is 31.0 Å². The van der Waals surface area contributed by atoms with Crippen LogP contribution >= 0.6 is 11.6 Å². The number of halogens is 4. The van der Waals surface area contributed by atoms with Crippen LogP contribution in [0.1, 0.15) is 43.5 Å². The molecule has 1 saturated heterocycles. The van der Waals surface area contributed by atoms with Gasteiger partial charge in [0.15, 0.2) is 6.61 Å². The molecular weight excluding hydrogens is 453 g/mol. The second kappa shape index (κ2) is 9.63. The van der Waals surface area contributed by atoms with Gasteiger partial charge in [-0.15, -0.1) is 13.2 Å². The van der Waals surface area contributed by atoms with Crippen LogP contribution in [0.3, 0.4) is 0 Å². The van der Waals surface area contributed by atoms with Crippen molar-refractivity contribution >= 4 is 17.5 Å². The van der Waals surface area contributed by atoms with Gasteiger partial charge in [-0.3, -0.25) is 9.53 Å². The van der Waals surface area contributed by atoms with Gasteiger partial charge in [0.2, 0.25) is 0 Å². The predicted molar refractivity (Wildman–Crippen MR) is 106 cm³/mol. The SMILES string of the molecule is O=C(COc1ccc(Cl)cc1)N[C@@H]1CC[C@@H](c2cnn([C@H]3C[C@@H](OC(F)(F)F)C3)n2)OC1. The van der Waals surface area contributed by atoms with Crippen molar-refractivity contribution in [1.29, 1.82) is 0 Å². The third-order valence-electron chi connectivity index (χ3n) is 5.38. The van der Waals surface area contributed by atoms with Crippen LogP contribution in [0.15, 0.2) is 30.5 Å². The summed E-state index contributed by atoms with van der Waals surface area (Å²) in [5, 5.41) is 12.0. The molecule has 4 rings (SSSR count). The summed E-state index contributed by atoms with van der Waals surface area (Å²) in [6.07, 6.45) is -2.43. The predicted octanol–water partition coefficient (Wildman–Crippen LogP) is 3.59. The van der Waals surface area contributed by atoms with E-state index in [0.29, 0.717) is 35.9 Å². The summed E-state index contributed by atoms with van der Waals surface area (Å²) < 4.78 is 52.0. The molecule has 0 bridgehead atoms. The monoisotopic (exact) mass is 474 g/mol. The van der Waals surface area contributed by atoms with Gasteiger partial charge in [-0.05, 0) is 49.9 Å². The molecule has 0 spiro atoms. The molecule has 2 aliphatic rings. The summed E-state index contributed by atoms with van der Waals surface area (Å²) in [5.74, 6) is 0.300. The summed E-state index contributed by atoms with van der Waals surface area (Å²) in [6.45, 7) is 0.200. The number of aromatic nitrogens is 3. The zero-order valence-corrected chi connectivity index (χ0v) is 17.7. The van der Waals surface area contributed by atoms with E-state index < -0.39 is 12.5 Å². The number of amides is 1. The molecular formula is C20H22ClF3N4O4. The van der Waals surface area contributed by atoms with Crippen molar-refractivity contribution in [2.24, 2.45) is 0 Å². The van der Waals surface area contributed by atoms with Crippen LogP contribution in [0.25, 0.3) is 0 Å². The number of carbonyl (C=O) groups is 1. The number of nitrogens with one attached hydrogen (secondary N) is 1. The van der Waals surface area contributed by atoms with Crippen LogP contribution in [0.2, 0.25) is 5.02 Å². The van der Waals surface area contributed by atoms with Gasteiger partial charge >= 0.3 is 6.36 Å². The van der Waals surface area contributed by atoms with E-state index in [9.17, 15) is 18.0 Å². The maximum absolute atomic E-state index is 12.2. The lowest BCUT2D eigenvalue weighted by atomic mass is 9.90. The molecule has 1 amide bonds. The van der Waals surface area contributed by atoms with Crippen molar-refractivity contribution in [3.63, 3.8) is 0 Å². The molecule has 1 aliphatic heterocycles. The third-order valence-corrected chi connectivity index (χ3v) is 5.63. The summed E-state index contributed by atoms with van der Waals surface area (Å²) in [4.78, 5) is 13.5. The number of carbonyl (C=O) groups excluding carboxylic acids is 1. The topological polar surface area (TPSA) is 87.5 Å². The minimum atomic E-state index is -4.62. The number of nitrogens with zero attached hydrogens (tertiary/aromatic N) is 3. The van der Waals surface area contributed by atoms with Crippen molar-refractivity contribution in [2.75, 3.05) is 13.2 Å². The van der Waals surface area contributed by atoms with Crippen molar-refractivity contribution in [2.45, 2.75) is 56.3 Å². The molecule has 0 unspecified atom stereocenters. The molecule has 2 heterocycles. The van der Waals surface area contributed by atoms with Crippen molar-refractivity contribution < 1.29 is 32.2 Å². The largest absolute Gasteiger partial charge is 0.522 e. The van der Waals surface area contributed by atoms with Crippen LogP contribution in [0, 0.1) is 0 Å². The average Bonchev–Trinajstić information content (AvgIpc) is 3.19. The molecule has 0 radical (unpaired) electrons. The highest BCUT2D eigenvalue weighted by Crippen LogP contribution is 2.37. The van der Waals surface area contributed by atoms with Gasteiger partial charge < -0.3 is 14.8 Å². The number of rotatable bonds is 7. The van der Waals surface area contributed by atoms with Crippen LogP contribution < -0.4 is 10.1 Å². The molecule has 2 atom stereocenters. The lowest BCUT2D eigenvalue weighted by molar-refractivity contribution is -0.353. The van der Waals surface area contributed by atoms with E-state index in [2.05, 4.69) is 20.3 Å². The van der Waals surface area contributed by atoms with Gasteiger partial charge in [-0.1, -0.05) is 11.6 Å². The Hall–Kier alpha value is -2.37. The molecule has 1 saturated carbocycles. The van der Waals surface area contributed by atoms with Crippen LogP contribution in [0.4, 0.5) is 13.2 Å². The first kappa shape index (κ1) is 22.8. The number of hydrogen-bond donors (Lipinski definition) is 1. The van der Waals surface area contributed by atoms with E-state index in [1.807, 2.05) is 0 Å². The number of alkyl halides is 3. The van der Waals surface area contributed by atoms with E-state index in [1.54, 1.807) is 30.5 Å². The Morgan fingerprint density at radius 3 is 2.66 bits per heavy atom. The maximum Gasteiger partial charge on any atom is 0.522 e. The Labute approximate surface area is 187 Å². The quantitative estimate of drug-likeness (QED) is 0.660. The zero-order chi connectivity index (χ0) is 22.7. The molecule has 8 nitrogen and oxygen atoms in total. The fraction of sp³-hybridized carbons (Fsp3) is 0.550. The molecule has 1 N–H and O–H groups in total. The second-order valence-corrected chi connectivity index (χ2v) is 8.24. The first-order chi connectivity index (χ1) is 15.2. The smallest absolute Gasteiger partial charge is 0.484 e. The Bertz CT molecular complexity index is 910. The highest BCUT2D eigenvalue weighted by atomic mass is 35.5. The molecule has 1 aromatic carbocycles. The first-order valence-corrected chi connectivity index (χ1v) is 10.6. The minimum Gasteiger partial charge on any atom is -0.484 e. The number of benzene rings is 1. The fourth-order valence-corrected chi connectivity index (χ4v) is 3.80. The van der Waals surface area contributed by atoms with Gasteiger partial charge in [-0.2, -0.15) is 15.0 Å². The second-order valence-electron chi connectivity index (χ2n) is 7.81. The maximum atomic E-state index is 12.2. The van der Waals surface area contributed by atoms with E-state index in [1.165, 1.54) is 4.80 Å². The standard InChI is InChI=1S/C20H22ClF3N4O4/c21-12-1-4-15(5-2-12)30-11-19(29)26-13-3-6-18(31-10-13)17-9-25-28(27-17)14-7-16(8-14)32-20(22,23)24/h1-2,4-5,9,13-14,16,18H,3,6-8,10-11H2,(H,26,29)/t13-,14-,16+,18+/m1/s1. The fourth-order valence-electron chi connectivity index (χ4n) is 3.67. The first-order valence-electron chi connectivity index (χ1n) is 10.2. The van der Waals surface area contributed by atoms with E-state index in [4.69, 9.17) is 21.1 Å². The van der Waals surface area contributed by atoms with Gasteiger partial charge in [-0.25, -0.2) is 0 Å². The summed E-state index contributed by atoms with van der Waals surface area (Å²) >= 11 is 5.81. The Morgan fingerprint density at radius 1 is 1.25 bits per heavy atom. The van der Waals surface area contributed by atoms with E-state index in [-0.39, 0.29) is 43.5 Å². The lowest BCUT2D eigenvalue weighted by Gasteiger charge is -2.34. The molecule has 32 heavy (non-hydrogen) atoms. The van der Waals surface area contributed by atoms with Crippen LogP contribution in [-0.2, 0) is 14.3 Å². The van der Waals surface area contributed by atoms with Gasteiger partial charge in [0, 0.05) is 5.02 Å². The van der Waals surface area contributed by atoms with Crippen LogP contribution in [0.5, 0.6) is 5.75 Å². The molecule has 1 aromatic heterocycles. The Balaban J connectivity index is 1.17. The van der Waals surface area contributed by atoms with Crippen molar-refractivity contribution in [1.82, 2.24) is 20.3 Å². The molecule has 2 fully saturated rings. The van der Waals surface area contributed by atoms with E-state index in [0.717, 1.165) is 0 Å². The summed E-state index contributed by atoms with van der Waals surface area (Å²) in [7, 11) is 0. The van der Waals surface area contributed by atoms with E-state index >= 15 is 0 Å². The number of hydrogen-bond acceptors (Lipinski definition) is 6. The number of ether oxygens (including phenoxy) is 3. The molecule has 1 aliphatic carbocycles. The van der Waals surface area contributed by atoms with Gasteiger partial charge in [0.25, 0.3) is 5.91 Å². The molecule has 12 heteroatoms. The highest BCUT2D eigenvalue weighted by Gasteiger charge is 2.41. The third kappa shape index (κ3) is 6.11. The average molecular weight is 475 g/mol. The van der Waals surface area contributed by atoms with Crippen molar-refractivity contribution in [3.05, 3.63) is 41.2 Å². The summed E-state index contributed by atoms with van der Waals surface area (Å²) in [6, 6.07) is 6.37. The minimum absolute atomic E-state index is 0.115. The highest BCUT2D eigenvalue weighted by molar-refractivity contribution is 6.30. The normalized spacial score (nSPS) is 25.8. The molecule has 174 valence electrons.